The van der Waals surface area contributed by atoms with Gasteiger partial charge in [0.25, 0.3) is 9.05 Å². The summed E-state index contributed by atoms with van der Waals surface area (Å²) in [4.78, 5) is -0.0530. The molecule has 2 rings (SSSR count). The van der Waals surface area contributed by atoms with Crippen LogP contribution in [0.3, 0.4) is 0 Å². The predicted molar refractivity (Wildman–Crippen MR) is 62.5 cm³/mol. The zero-order chi connectivity index (χ0) is 11.9. The summed E-state index contributed by atoms with van der Waals surface area (Å²) in [7, 11) is 1.51. The Morgan fingerprint density at radius 3 is 2.38 bits per heavy atom. The van der Waals surface area contributed by atoms with Crippen LogP contribution in [-0.4, -0.2) is 18.2 Å². The molecule has 0 aliphatic heterocycles. The van der Waals surface area contributed by atoms with Crippen molar-refractivity contribution in [2.24, 2.45) is 0 Å². The highest BCUT2D eigenvalue weighted by atomic mass is 35.7. The first-order valence-electron chi connectivity index (χ1n) is 5.10. The molecule has 1 aromatic rings. The molecule has 0 unspecified atom stereocenters. The van der Waals surface area contributed by atoms with Crippen molar-refractivity contribution in [1.82, 2.24) is 9.78 Å². The van der Waals surface area contributed by atoms with Crippen molar-refractivity contribution in [1.29, 1.82) is 0 Å². The molecule has 1 aromatic heterocycles. The molecule has 16 heavy (non-hydrogen) atoms. The maximum Gasteiger partial charge on any atom is 0.266 e. The highest BCUT2D eigenvalue weighted by molar-refractivity contribution is 8.13. The van der Waals surface area contributed by atoms with Crippen molar-refractivity contribution in [2.45, 2.75) is 43.5 Å². The summed E-state index contributed by atoms with van der Waals surface area (Å²) in [5, 5.41) is 4.32. The van der Waals surface area contributed by atoms with Crippen molar-refractivity contribution in [3.05, 3.63) is 10.8 Å². The molecule has 7 heteroatoms. The summed E-state index contributed by atoms with van der Waals surface area (Å²) in [6.45, 7) is 1.60. The Kier molecular flexibility index (Phi) is 3.20. The van der Waals surface area contributed by atoms with E-state index < -0.39 is 9.05 Å². The summed E-state index contributed by atoms with van der Waals surface area (Å²) in [5.74, 6) is 0. The number of aryl methyl sites for hydroxylation is 1. The van der Waals surface area contributed by atoms with Gasteiger partial charge in [0.1, 0.15) is 10.0 Å². The minimum atomic E-state index is -3.82. The SMILES string of the molecule is Cc1nn(C2CCCC2)c(Cl)c1S(=O)(=O)Cl. The van der Waals surface area contributed by atoms with Gasteiger partial charge in [-0.25, -0.2) is 13.1 Å². The molecule has 1 aliphatic carbocycles. The van der Waals surface area contributed by atoms with Crippen molar-refractivity contribution >= 4 is 31.3 Å². The van der Waals surface area contributed by atoms with E-state index in [4.69, 9.17) is 22.3 Å². The van der Waals surface area contributed by atoms with Gasteiger partial charge in [0.2, 0.25) is 0 Å². The molecule has 0 radical (unpaired) electrons. The van der Waals surface area contributed by atoms with Gasteiger partial charge in [0.15, 0.2) is 0 Å². The molecule has 0 aromatic carbocycles. The average Bonchev–Trinajstić information content (AvgIpc) is 2.71. The van der Waals surface area contributed by atoms with Gasteiger partial charge < -0.3 is 0 Å². The van der Waals surface area contributed by atoms with Crippen LogP contribution in [0.4, 0.5) is 0 Å². The van der Waals surface area contributed by atoms with E-state index in [-0.39, 0.29) is 16.1 Å². The average molecular weight is 283 g/mol. The van der Waals surface area contributed by atoms with Crippen molar-refractivity contribution in [2.75, 3.05) is 0 Å². The zero-order valence-electron chi connectivity index (χ0n) is 8.78. The lowest BCUT2D eigenvalue weighted by atomic mass is 10.3. The number of hydrogen-bond donors (Lipinski definition) is 0. The largest absolute Gasteiger partial charge is 0.266 e. The molecule has 1 aliphatic rings. The number of rotatable bonds is 2. The van der Waals surface area contributed by atoms with E-state index in [0.717, 1.165) is 25.7 Å². The number of aromatic nitrogens is 2. The van der Waals surface area contributed by atoms with Crippen LogP contribution < -0.4 is 0 Å². The molecule has 4 nitrogen and oxygen atoms in total. The number of halogens is 2. The molecule has 0 amide bonds. The zero-order valence-corrected chi connectivity index (χ0v) is 11.1. The minimum Gasteiger partial charge on any atom is -0.249 e. The molecule has 0 bridgehead atoms. The fourth-order valence-electron chi connectivity index (χ4n) is 2.17. The molecule has 1 saturated carbocycles. The molecule has 1 fully saturated rings. The summed E-state index contributed by atoms with van der Waals surface area (Å²) in [6, 6.07) is 0.207. The second-order valence-electron chi connectivity index (χ2n) is 4.03. The van der Waals surface area contributed by atoms with Crippen LogP contribution in [0.1, 0.15) is 37.4 Å². The molecular formula is C9H12Cl2N2O2S. The van der Waals surface area contributed by atoms with E-state index >= 15 is 0 Å². The molecule has 0 atom stereocenters. The van der Waals surface area contributed by atoms with Crippen LogP contribution in [0.2, 0.25) is 5.15 Å². The summed E-state index contributed by atoms with van der Waals surface area (Å²) in [6.07, 6.45) is 4.23. The predicted octanol–water partition coefficient (Wildman–Crippen LogP) is 2.89. The standard InChI is InChI=1S/C9H12Cl2N2O2S/c1-6-8(16(11,14)15)9(10)13(12-6)7-4-2-3-5-7/h7H,2-5H2,1H3. The van der Waals surface area contributed by atoms with Gasteiger partial charge in [-0.05, 0) is 19.8 Å². The van der Waals surface area contributed by atoms with Crippen LogP contribution >= 0.6 is 22.3 Å². The van der Waals surface area contributed by atoms with Crippen LogP contribution in [-0.2, 0) is 9.05 Å². The summed E-state index contributed by atoms with van der Waals surface area (Å²) < 4.78 is 24.3. The molecule has 0 N–H and O–H groups in total. The highest BCUT2D eigenvalue weighted by Crippen LogP contribution is 2.36. The Bertz CT molecular complexity index is 504. The quantitative estimate of drug-likeness (QED) is 0.784. The first-order chi connectivity index (χ1) is 7.41. The third-order valence-corrected chi connectivity index (χ3v) is 4.80. The highest BCUT2D eigenvalue weighted by Gasteiger charge is 2.28. The van der Waals surface area contributed by atoms with Crippen LogP contribution in [0.15, 0.2) is 4.90 Å². The van der Waals surface area contributed by atoms with Crippen molar-refractivity contribution < 1.29 is 8.42 Å². The Morgan fingerprint density at radius 2 is 1.94 bits per heavy atom. The van der Waals surface area contributed by atoms with Gasteiger partial charge in [-0.15, -0.1) is 0 Å². The third-order valence-electron chi connectivity index (χ3n) is 2.89. The Balaban J connectivity index is 2.50. The Hall–Kier alpha value is -0.260. The molecule has 0 saturated heterocycles. The normalized spacial score (nSPS) is 18.2. The van der Waals surface area contributed by atoms with Gasteiger partial charge in [-0.3, -0.25) is 0 Å². The molecule has 0 spiro atoms. The maximum absolute atomic E-state index is 11.3. The van der Waals surface area contributed by atoms with E-state index in [9.17, 15) is 8.42 Å². The Morgan fingerprint density at radius 1 is 1.38 bits per heavy atom. The van der Waals surface area contributed by atoms with Crippen molar-refractivity contribution in [3.63, 3.8) is 0 Å². The first-order valence-corrected chi connectivity index (χ1v) is 7.79. The van der Waals surface area contributed by atoms with E-state index in [0.29, 0.717) is 5.69 Å². The third kappa shape index (κ3) is 2.08. The van der Waals surface area contributed by atoms with Gasteiger partial charge in [-0.2, -0.15) is 5.10 Å². The van der Waals surface area contributed by atoms with Crippen molar-refractivity contribution in [3.8, 4) is 0 Å². The van der Waals surface area contributed by atoms with Gasteiger partial charge in [-0.1, -0.05) is 24.4 Å². The second kappa shape index (κ2) is 4.20. The monoisotopic (exact) mass is 282 g/mol. The topological polar surface area (TPSA) is 52.0 Å². The summed E-state index contributed by atoms with van der Waals surface area (Å²) >= 11 is 6.03. The van der Waals surface area contributed by atoms with E-state index in [1.807, 2.05) is 0 Å². The second-order valence-corrected chi connectivity index (χ2v) is 6.89. The number of hydrogen-bond acceptors (Lipinski definition) is 3. The lowest BCUT2D eigenvalue weighted by Crippen LogP contribution is -2.06. The van der Waals surface area contributed by atoms with Crippen LogP contribution in [0, 0.1) is 6.92 Å². The summed E-state index contributed by atoms with van der Waals surface area (Å²) in [5.41, 5.74) is 0.368. The minimum absolute atomic E-state index is 0.0530. The fraction of sp³-hybridized carbons (Fsp3) is 0.667. The van der Waals surface area contributed by atoms with Crippen LogP contribution in [0.5, 0.6) is 0 Å². The van der Waals surface area contributed by atoms with E-state index in [1.54, 1.807) is 11.6 Å². The van der Waals surface area contributed by atoms with Gasteiger partial charge in [0, 0.05) is 10.7 Å². The Labute approximate surface area is 104 Å². The first kappa shape index (κ1) is 12.2. The van der Waals surface area contributed by atoms with Gasteiger partial charge in [0.05, 0.1) is 11.7 Å². The van der Waals surface area contributed by atoms with Gasteiger partial charge >= 0.3 is 0 Å². The lowest BCUT2D eigenvalue weighted by molar-refractivity contribution is 0.465. The molecule has 1 heterocycles. The fourth-order valence-corrected chi connectivity index (χ4v) is 4.15. The molecule has 90 valence electrons. The van der Waals surface area contributed by atoms with E-state index in [1.165, 1.54) is 0 Å². The molecular weight excluding hydrogens is 271 g/mol. The van der Waals surface area contributed by atoms with Crippen LogP contribution in [0.25, 0.3) is 0 Å². The lowest BCUT2D eigenvalue weighted by Gasteiger charge is -2.10. The maximum atomic E-state index is 11.3. The van der Waals surface area contributed by atoms with E-state index in [2.05, 4.69) is 5.10 Å². The number of nitrogens with zero attached hydrogens (tertiary/aromatic N) is 2. The smallest absolute Gasteiger partial charge is 0.249 e.